The van der Waals surface area contributed by atoms with Crippen molar-refractivity contribution < 1.29 is 14.3 Å². The van der Waals surface area contributed by atoms with Crippen LogP contribution >= 0.6 is 0 Å². The van der Waals surface area contributed by atoms with Gasteiger partial charge in [-0.3, -0.25) is 9.59 Å². The molecule has 0 bridgehead atoms. The van der Waals surface area contributed by atoms with Gasteiger partial charge in [0, 0.05) is 18.8 Å². The molecule has 0 saturated carbocycles. The molecule has 0 aromatic heterocycles. The Morgan fingerprint density at radius 2 is 1.68 bits per heavy atom. The Bertz CT molecular complexity index is 555. The number of morpholine rings is 1. The molecule has 5 heteroatoms. The third kappa shape index (κ3) is 3.30. The maximum Gasteiger partial charge on any atom is 0.239 e. The van der Waals surface area contributed by atoms with E-state index in [2.05, 4.69) is 5.32 Å². The number of para-hydroxylation sites is 1. The van der Waals surface area contributed by atoms with Crippen molar-refractivity contribution in [1.29, 1.82) is 0 Å². The molecule has 0 aliphatic carbocycles. The van der Waals surface area contributed by atoms with Crippen LogP contribution in [-0.4, -0.2) is 43.0 Å². The van der Waals surface area contributed by atoms with E-state index in [9.17, 15) is 9.59 Å². The molecule has 120 valence electrons. The first-order valence-corrected chi connectivity index (χ1v) is 7.59. The number of anilines is 1. The zero-order valence-corrected chi connectivity index (χ0v) is 13.7. The quantitative estimate of drug-likeness (QED) is 0.870. The lowest BCUT2D eigenvalue weighted by molar-refractivity contribution is -0.149. The molecule has 1 heterocycles. The molecule has 2 amide bonds. The summed E-state index contributed by atoms with van der Waals surface area (Å²) in [6.45, 7) is 9.37. The van der Waals surface area contributed by atoms with Crippen LogP contribution in [0, 0.1) is 19.3 Å². The SMILES string of the molecule is Cc1cccc(C)c1NC(=O)C(C)(C)C(=O)N1CCOCC1. The summed E-state index contributed by atoms with van der Waals surface area (Å²) in [5.74, 6) is -0.430. The van der Waals surface area contributed by atoms with Crippen LogP contribution in [0.3, 0.4) is 0 Å². The van der Waals surface area contributed by atoms with Gasteiger partial charge in [-0.05, 0) is 38.8 Å². The molecule has 22 heavy (non-hydrogen) atoms. The van der Waals surface area contributed by atoms with Crippen LogP contribution in [0.5, 0.6) is 0 Å². The minimum absolute atomic E-state index is 0.153. The maximum atomic E-state index is 12.6. The first-order valence-electron chi connectivity index (χ1n) is 7.59. The molecule has 0 radical (unpaired) electrons. The molecule has 1 aromatic rings. The number of hydrogen-bond donors (Lipinski definition) is 1. The predicted octanol–water partition coefficient (Wildman–Crippen LogP) is 2.13. The molecule has 5 nitrogen and oxygen atoms in total. The molecule has 2 rings (SSSR count). The van der Waals surface area contributed by atoms with Crippen molar-refractivity contribution in [2.45, 2.75) is 27.7 Å². The van der Waals surface area contributed by atoms with Gasteiger partial charge >= 0.3 is 0 Å². The van der Waals surface area contributed by atoms with Crippen LogP contribution in [0.15, 0.2) is 18.2 Å². The van der Waals surface area contributed by atoms with E-state index in [4.69, 9.17) is 4.74 Å². The standard InChI is InChI=1S/C17H24N2O3/c1-12-6-5-7-13(2)14(12)18-15(20)17(3,4)16(21)19-8-10-22-11-9-19/h5-7H,8-11H2,1-4H3,(H,18,20). The van der Waals surface area contributed by atoms with Gasteiger partial charge in [0.1, 0.15) is 5.41 Å². The molecule has 1 aromatic carbocycles. The number of nitrogens with zero attached hydrogens (tertiary/aromatic N) is 1. The summed E-state index contributed by atoms with van der Waals surface area (Å²) >= 11 is 0. The van der Waals surface area contributed by atoms with Gasteiger partial charge in [0.2, 0.25) is 11.8 Å². The molecular formula is C17H24N2O3. The highest BCUT2D eigenvalue weighted by atomic mass is 16.5. The number of nitrogens with one attached hydrogen (secondary N) is 1. The Morgan fingerprint density at radius 1 is 1.14 bits per heavy atom. The lowest BCUT2D eigenvalue weighted by atomic mass is 9.89. The van der Waals surface area contributed by atoms with Crippen LogP contribution < -0.4 is 5.32 Å². The van der Waals surface area contributed by atoms with E-state index >= 15 is 0 Å². The monoisotopic (exact) mass is 304 g/mol. The van der Waals surface area contributed by atoms with Crippen molar-refractivity contribution in [2.24, 2.45) is 5.41 Å². The number of rotatable bonds is 3. The summed E-state index contributed by atoms with van der Waals surface area (Å²) in [4.78, 5) is 27.0. The minimum atomic E-state index is -1.11. The van der Waals surface area contributed by atoms with Crippen molar-refractivity contribution in [3.63, 3.8) is 0 Å². The van der Waals surface area contributed by atoms with E-state index < -0.39 is 5.41 Å². The molecule has 0 spiro atoms. The largest absolute Gasteiger partial charge is 0.378 e. The summed E-state index contributed by atoms with van der Waals surface area (Å²) in [5, 5.41) is 2.92. The number of hydrogen-bond acceptors (Lipinski definition) is 3. The van der Waals surface area contributed by atoms with Crippen molar-refractivity contribution in [1.82, 2.24) is 4.90 Å². The maximum absolute atomic E-state index is 12.6. The number of carbonyl (C=O) groups is 2. The molecule has 0 atom stereocenters. The summed E-state index contributed by atoms with van der Waals surface area (Å²) < 4.78 is 5.26. The summed E-state index contributed by atoms with van der Waals surface area (Å²) in [6, 6.07) is 5.84. The molecule has 1 saturated heterocycles. The molecule has 1 aliphatic heterocycles. The first-order chi connectivity index (χ1) is 10.3. The normalized spacial score (nSPS) is 15.5. The van der Waals surface area contributed by atoms with Gasteiger partial charge in [-0.1, -0.05) is 18.2 Å². The lowest BCUT2D eigenvalue weighted by Gasteiger charge is -2.33. The highest BCUT2D eigenvalue weighted by molar-refractivity contribution is 6.10. The van der Waals surface area contributed by atoms with E-state index in [1.54, 1.807) is 18.7 Å². The van der Waals surface area contributed by atoms with Gasteiger partial charge in [-0.25, -0.2) is 0 Å². The highest BCUT2D eigenvalue weighted by Gasteiger charge is 2.39. The van der Waals surface area contributed by atoms with Crippen LogP contribution in [0.25, 0.3) is 0 Å². The average Bonchev–Trinajstić information content (AvgIpc) is 2.51. The number of carbonyl (C=O) groups excluding carboxylic acids is 2. The fourth-order valence-corrected chi connectivity index (χ4v) is 2.54. The minimum Gasteiger partial charge on any atom is -0.378 e. The summed E-state index contributed by atoms with van der Waals surface area (Å²) in [6.07, 6.45) is 0. The van der Waals surface area contributed by atoms with Crippen molar-refractivity contribution in [3.8, 4) is 0 Å². The zero-order chi connectivity index (χ0) is 16.3. The van der Waals surface area contributed by atoms with Gasteiger partial charge < -0.3 is 15.0 Å². The van der Waals surface area contributed by atoms with E-state index in [0.29, 0.717) is 26.3 Å². The van der Waals surface area contributed by atoms with E-state index in [1.807, 2.05) is 32.0 Å². The second-order valence-corrected chi connectivity index (χ2v) is 6.25. The fraction of sp³-hybridized carbons (Fsp3) is 0.529. The Morgan fingerprint density at radius 3 is 2.23 bits per heavy atom. The second kappa shape index (κ2) is 6.48. The lowest BCUT2D eigenvalue weighted by Crippen LogP contribution is -2.51. The predicted molar refractivity (Wildman–Crippen MR) is 85.7 cm³/mol. The fourth-order valence-electron chi connectivity index (χ4n) is 2.54. The Labute approximate surface area is 131 Å². The Hall–Kier alpha value is -1.88. The van der Waals surface area contributed by atoms with Gasteiger partial charge in [-0.2, -0.15) is 0 Å². The van der Waals surface area contributed by atoms with Gasteiger partial charge in [0.15, 0.2) is 0 Å². The van der Waals surface area contributed by atoms with Crippen molar-refractivity contribution in [3.05, 3.63) is 29.3 Å². The van der Waals surface area contributed by atoms with E-state index in [-0.39, 0.29) is 11.8 Å². The van der Waals surface area contributed by atoms with Gasteiger partial charge in [0.05, 0.1) is 13.2 Å². The van der Waals surface area contributed by atoms with Crippen LogP contribution in [0.4, 0.5) is 5.69 Å². The zero-order valence-electron chi connectivity index (χ0n) is 13.7. The van der Waals surface area contributed by atoms with Gasteiger partial charge in [0.25, 0.3) is 0 Å². The smallest absolute Gasteiger partial charge is 0.239 e. The molecule has 0 unspecified atom stereocenters. The number of ether oxygens (including phenoxy) is 1. The topological polar surface area (TPSA) is 58.6 Å². The Balaban J connectivity index is 2.14. The first kappa shape index (κ1) is 16.5. The number of amides is 2. The number of aryl methyl sites for hydroxylation is 2. The molecule has 1 N–H and O–H groups in total. The highest BCUT2D eigenvalue weighted by Crippen LogP contribution is 2.25. The average molecular weight is 304 g/mol. The molecule has 1 aliphatic rings. The van der Waals surface area contributed by atoms with Gasteiger partial charge in [-0.15, -0.1) is 0 Å². The van der Waals surface area contributed by atoms with Crippen molar-refractivity contribution in [2.75, 3.05) is 31.6 Å². The summed E-state index contributed by atoms with van der Waals surface area (Å²) in [7, 11) is 0. The second-order valence-electron chi connectivity index (χ2n) is 6.25. The number of benzene rings is 1. The summed E-state index contributed by atoms with van der Waals surface area (Å²) in [5.41, 5.74) is 1.66. The van der Waals surface area contributed by atoms with Crippen LogP contribution in [-0.2, 0) is 14.3 Å². The Kier molecular flexibility index (Phi) is 4.86. The van der Waals surface area contributed by atoms with E-state index in [1.165, 1.54) is 0 Å². The van der Waals surface area contributed by atoms with Crippen LogP contribution in [0.2, 0.25) is 0 Å². The van der Waals surface area contributed by atoms with Crippen LogP contribution in [0.1, 0.15) is 25.0 Å². The third-order valence-electron chi connectivity index (χ3n) is 4.12. The third-order valence-corrected chi connectivity index (χ3v) is 4.12. The van der Waals surface area contributed by atoms with E-state index in [0.717, 1.165) is 16.8 Å². The molecular weight excluding hydrogens is 280 g/mol. The van der Waals surface area contributed by atoms with Crippen molar-refractivity contribution >= 4 is 17.5 Å². The molecule has 1 fully saturated rings.